The van der Waals surface area contributed by atoms with E-state index < -0.39 is 0 Å². The molecule has 0 heterocycles. The van der Waals surface area contributed by atoms with Gasteiger partial charge in [-0.1, -0.05) is 37.0 Å². The molecule has 0 saturated heterocycles. The van der Waals surface area contributed by atoms with E-state index in [0.717, 1.165) is 10.0 Å². The Balaban J connectivity index is 2.36. The minimum Gasteiger partial charge on any atom is -0.0843 e. The predicted molar refractivity (Wildman–Crippen MR) is 57.6 cm³/mol. The van der Waals surface area contributed by atoms with Crippen molar-refractivity contribution in [2.24, 2.45) is 5.41 Å². The molecule has 1 aliphatic carbocycles. The molecule has 0 unspecified atom stereocenters. The summed E-state index contributed by atoms with van der Waals surface area (Å²) in [4.78, 5) is 0. The highest BCUT2D eigenvalue weighted by molar-refractivity contribution is 6.33. The molecule has 2 rings (SSSR count). The van der Waals surface area contributed by atoms with Crippen molar-refractivity contribution < 1.29 is 0 Å². The lowest BCUT2D eigenvalue weighted by Crippen LogP contribution is -1.90. The van der Waals surface area contributed by atoms with Gasteiger partial charge >= 0.3 is 0 Å². The van der Waals surface area contributed by atoms with Gasteiger partial charge in [0.15, 0.2) is 0 Å². The largest absolute Gasteiger partial charge is 0.0843 e. The van der Waals surface area contributed by atoms with E-state index in [2.05, 4.69) is 13.8 Å². The van der Waals surface area contributed by atoms with Crippen molar-refractivity contribution in [1.29, 1.82) is 0 Å². The van der Waals surface area contributed by atoms with Crippen LogP contribution in [0.15, 0.2) is 18.2 Å². The Kier molecular flexibility index (Phi) is 2.08. The molecule has 1 atom stereocenters. The summed E-state index contributed by atoms with van der Waals surface area (Å²) in [5.74, 6) is 0.596. The third kappa shape index (κ3) is 1.70. The van der Waals surface area contributed by atoms with Gasteiger partial charge in [-0.2, -0.15) is 0 Å². The summed E-state index contributed by atoms with van der Waals surface area (Å²) in [5, 5.41) is 1.63. The average Bonchev–Trinajstić information content (AvgIpc) is 2.65. The summed E-state index contributed by atoms with van der Waals surface area (Å²) in [6.45, 7) is 4.52. The van der Waals surface area contributed by atoms with Gasteiger partial charge in [0.25, 0.3) is 0 Å². The van der Waals surface area contributed by atoms with Crippen LogP contribution in [0, 0.1) is 5.41 Å². The zero-order valence-electron chi connectivity index (χ0n) is 7.77. The van der Waals surface area contributed by atoms with E-state index in [1.54, 1.807) is 0 Å². The van der Waals surface area contributed by atoms with Crippen LogP contribution in [0.5, 0.6) is 0 Å². The standard InChI is InChI=1S/C11H12Cl2/c1-11(2)6-9(11)8-5-7(12)3-4-10(8)13/h3-5,9H,6H2,1-2H3/t9-/m0/s1. The third-order valence-electron chi connectivity index (χ3n) is 2.85. The Labute approximate surface area is 88.9 Å². The topological polar surface area (TPSA) is 0 Å². The first kappa shape index (κ1) is 9.36. The van der Waals surface area contributed by atoms with Crippen LogP contribution < -0.4 is 0 Å². The van der Waals surface area contributed by atoms with Gasteiger partial charge in [-0.25, -0.2) is 0 Å². The van der Waals surface area contributed by atoms with E-state index >= 15 is 0 Å². The van der Waals surface area contributed by atoms with E-state index in [1.165, 1.54) is 12.0 Å². The Hall–Kier alpha value is -0.200. The lowest BCUT2D eigenvalue weighted by molar-refractivity contribution is 0.622. The van der Waals surface area contributed by atoms with E-state index in [-0.39, 0.29) is 0 Å². The van der Waals surface area contributed by atoms with Crippen LogP contribution in [-0.4, -0.2) is 0 Å². The molecule has 1 aromatic carbocycles. The summed E-state index contributed by atoms with van der Waals surface area (Å²) in [7, 11) is 0. The molecule has 0 spiro atoms. The van der Waals surface area contributed by atoms with Crippen LogP contribution in [-0.2, 0) is 0 Å². The quantitative estimate of drug-likeness (QED) is 0.646. The first-order valence-electron chi connectivity index (χ1n) is 4.46. The van der Waals surface area contributed by atoms with Gasteiger partial charge in [-0.15, -0.1) is 0 Å². The van der Waals surface area contributed by atoms with Gasteiger partial charge in [0, 0.05) is 10.0 Å². The first-order valence-corrected chi connectivity index (χ1v) is 5.21. The molecule has 0 nitrogen and oxygen atoms in total. The van der Waals surface area contributed by atoms with Crippen LogP contribution in [0.4, 0.5) is 0 Å². The summed E-state index contributed by atoms with van der Waals surface area (Å²) in [5.41, 5.74) is 1.62. The van der Waals surface area contributed by atoms with Crippen molar-refractivity contribution in [3.8, 4) is 0 Å². The molecule has 2 heteroatoms. The Morgan fingerprint density at radius 3 is 2.46 bits per heavy atom. The zero-order valence-corrected chi connectivity index (χ0v) is 9.28. The molecular weight excluding hydrogens is 203 g/mol. The molecule has 1 fully saturated rings. The van der Waals surface area contributed by atoms with Crippen molar-refractivity contribution in [2.45, 2.75) is 26.2 Å². The van der Waals surface area contributed by atoms with Gasteiger partial charge in [0.1, 0.15) is 0 Å². The molecule has 0 N–H and O–H groups in total. The zero-order chi connectivity index (χ0) is 9.64. The Bertz CT molecular complexity index is 342. The molecule has 1 aliphatic rings. The highest BCUT2D eigenvalue weighted by Gasteiger charge is 2.47. The summed E-state index contributed by atoms with van der Waals surface area (Å²) >= 11 is 12.0. The normalized spacial score (nSPS) is 24.5. The molecule has 0 aromatic heterocycles. The number of rotatable bonds is 1. The minimum atomic E-state index is 0.411. The average molecular weight is 215 g/mol. The number of halogens is 2. The molecule has 0 amide bonds. The van der Waals surface area contributed by atoms with E-state index in [0.29, 0.717) is 11.3 Å². The highest BCUT2D eigenvalue weighted by atomic mass is 35.5. The maximum Gasteiger partial charge on any atom is 0.0442 e. The second kappa shape index (κ2) is 2.90. The van der Waals surface area contributed by atoms with E-state index in [1.807, 2.05) is 18.2 Å². The molecule has 1 saturated carbocycles. The summed E-state index contributed by atoms with van der Waals surface area (Å²) in [6, 6.07) is 5.71. The van der Waals surface area contributed by atoms with Crippen LogP contribution >= 0.6 is 23.2 Å². The van der Waals surface area contributed by atoms with Crippen LogP contribution in [0.3, 0.4) is 0 Å². The maximum absolute atomic E-state index is 6.10. The summed E-state index contributed by atoms with van der Waals surface area (Å²) in [6.07, 6.45) is 1.22. The fraction of sp³-hybridized carbons (Fsp3) is 0.455. The molecular formula is C11H12Cl2. The molecule has 13 heavy (non-hydrogen) atoms. The van der Waals surface area contributed by atoms with Gasteiger partial charge in [-0.3, -0.25) is 0 Å². The van der Waals surface area contributed by atoms with Crippen LogP contribution in [0.2, 0.25) is 10.0 Å². The van der Waals surface area contributed by atoms with Crippen molar-refractivity contribution in [1.82, 2.24) is 0 Å². The lowest BCUT2D eigenvalue weighted by Gasteiger charge is -2.06. The molecule has 70 valence electrons. The number of hydrogen-bond acceptors (Lipinski definition) is 0. The van der Waals surface area contributed by atoms with Crippen molar-refractivity contribution >= 4 is 23.2 Å². The van der Waals surface area contributed by atoms with E-state index in [9.17, 15) is 0 Å². The van der Waals surface area contributed by atoms with Gasteiger partial charge in [0.05, 0.1) is 0 Å². The monoisotopic (exact) mass is 214 g/mol. The number of benzene rings is 1. The molecule has 0 aliphatic heterocycles. The smallest absolute Gasteiger partial charge is 0.0442 e. The number of hydrogen-bond donors (Lipinski definition) is 0. The lowest BCUT2D eigenvalue weighted by atomic mass is 10.0. The van der Waals surface area contributed by atoms with Gasteiger partial charge < -0.3 is 0 Å². The predicted octanol–water partition coefficient (Wildman–Crippen LogP) is 4.51. The van der Waals surface area contributed by atoms with Crippen LogP contribution in [0.25, 0.3) is 0 Å². The van der Waals surface area contributed by atoms with Gasteiger partial charge in [0.2, 0.25) is 0 Å². The van der Waals surface area contributed by atoms with Crippen molar-refractivity contribution in [3.63, 3.8) is 0 Å². The third-order valence-corrected chi connectivity index (χ3v) is 3.43. The maximum atomic E-state index is 6.10. The SMILES string of the molecule is CC1(C)C[C@H]1c1cc(Cl)ccc1Cl. The highest BCUT2D eigenvalue weighted by Crippen LogP contribution is 2.59. The molecule has 0 radical (unpaired) electrons. The van der Waals surface area contributed by atoms with Gasteiger partial charge in [-0.05, 0) is 41.5 Å². The fourth-order valence-corrected chi connectivity index (χ4v) is 2.21. The van der Waals surface area contributed by atoms with Crippen molar-refractivity contribution in [2.75, 3.05) is 0 Å². The fourth-order valence-electron chi connectivity index (χ4n) is 1.78. The van der Waals surface area contributed by atoms with E-state index in [4.69, 9.17) is 23.2 Å². The summed E-state index contributed by atoms with van der Waals surface area (Å²) < 4.78 is 0. The van der Waals surface area contributed by atoms with Crippen LogP contribution in [0.1, 0.15) is 31.7 Å². The molecule has 0 bridgehead atoms. The Morgan fingerprint density at radius 2 is 1.92 bits per heavy atom. The Morgan fingerprint density at radius 1 is 1.31 bits per heavy atom. The second-order valence-corrected chi connectivity index (χ2v) is 5.25. The molecule has 1 aromatic rings. The first-order chi connectivity index (χ1) is 6.00. The second-order valence-electron chi connectivity index (χ2n) is 4.41. The minimum absolute atomic E-state index is 0.411. The van der Waals surface area contributed by atoms with Crippen molar-refractivity contribution in [3.05, 3.63) is 33.8 Å².